The Morgan fingerprint density at radius 1 is 1.39 bits per heavy atom. The minimum Gasteiger partial charge on any atom is -0.465 e. The number of anilines is 2. The molecule has 6 heteroatoms. The van der Waals surface area contributed by atoms with Crippen molar-refractivity contribution < 1.29 is 14.3 Å². The van der Waals surface area contributed by atoms with Crippen molar-refractivity contribution >= 4 is 23.3 Å². The number of carbonyl (C=O) groups excluding carboxylic acids is 2. The van der Waals surface area contributed by atoms with Crippen molar-refractivity contribution in [1.29, 1.82) is 0 Å². The average molecular weight is 251 g/mol. The third kappa shape index (κ3) is 3.13. The first-order valence-electron chi connectivity index (χ1n) is 5.45. The summed E-state index contributed by atoms with van der Waals surface area (Å²) in [6.45, 7) is 1.69. The molecule has 0 aromatic heterocycles. The Bertz CT molecular complexity index is 460. The minimum absolute atomic E-state index is 0.178. The maximum atomic E-state index is 11.6. The van der Waals surface area contributed by atoms with Crippen LogP contribution in [0.3, 0.4) is 0 Å². The summed E-state index contributed by atoms with van der Waals surface area (Å²) in [7, 11) is 2.84. The maximum absolute atomic E-state index is 11.6. The summed E-state index contributed by atoms with van der Waals surface area (Å²) in [6.07, 6.45) is 0. The molecule has 0 saturated carbocycles. The highest BCUT2D eigenvalue weighted by Gasteiger charge is 2.16. The number of carbonyl (C=O) groups is 2. The Kier molecular flexibility index (Phi) is 4.53. The molecule has 1 amide bonds. The zero-order valence-electron chi connectivity index (χ0n) is 10.6. The molecular formula is C12H17N3O3. The molecule has 0 bridgehead atoms. The molecule has 18 heavy (non-hydrogen) atoms. The molecule has 0 aliphatic heterocycles. The number of likely N-dealkylation sites (N-methyl/N-ethyl adjacent to an activating group) is 1. The number of benzene rings is 1. The van der Waals surface area contributed by atoms with E-state index in [0.29, 0.717) is 16.9 Å². The van der Waals surface area contributed by atoms with E-state index in [0.717, 1.165) is 0 Å². The predicted molar refractivity (Wildman–Crippen MR) is 69.3 cm³/mol. The Morgan fingerprint density at radius 3 is 2.61 bits per heavy atom. The van der Waals surface area contributed by atoms with Gasteiger partial charge in [0.2, 0.25) is 5.91 Å². The zero-order chi connectivity index (χ0) is 13.7. The van der Waals surface area contributed by atoms with E-state index in [1.165, 1.54) is 13.2 Å². The molecule has 6 nitrogen and oxygen atoms in total. The van der Waals surface area contributed by atoms with Crippen LogP contribution in [0, 0.1) is 0 Å². The first-order valence-corrected chi connectivity index (χ1v) is 5.45. The molecule has 1 aromatic carbocycles. The number of amides is 1. The van der Waals surface area contributed by atoms with Crippen LogP contribution in [-0.2, 0) is 9.53 Å². The SMILES string of the molecule is CNC(=O)C(C)Nc1ccc(N)cc1C(=O)OC. The standard InChI is InChI=1S/C12H17N3O3/c1-7(11(16)14-2)15-10-5-4-8(13)6-9(10)12(17)18-3/h4-7,15H,13H2,1-3H3,(H,14,16). The fourth-order valence-corrected chi connectivity index (χ4v) is 1.48. The van der Waals surface area contributed by atoms with Crippen LogP contribution < -0.4 is 16.4 Å². The van der Waals surface area contributed by atoms with Crippen LogP contribution >= 0.6 is 0 Å². The Morgan fingerprint density at radius 2 is 2.06 bits per heavy atom. The van der Waals surface area contributed by atoms with E-state index in [2.05, 4.69) is 15.4 Å². The van der Waals surface area contributed by atoms with E-state index in [9.17, 15) is 9.59 Å². The smallest absolute Gasteiger partial charge is 0.340 e. The molecule has 0 aliphatic carbocycles. The maximum Gasteiger partial charge on any atom is 0.340 e. The molecule has 0 heterocycles. The van der Waals surface area contributed by atoms with Gasteiger partial charge >= 0.3 is 5.97 Å². The van der Waals surface area contributed by atoms with E-state index >= 15 is 0 Å². The number of nitrogen functional groups attached to an aromatic ring is 1. The molecule has 0 spiro atoms. The van der Waals surface area contributed by atoms with Crippen LogP contribution in [0.2, 0.25) is 0 Å². The number of nitrogens with one attached hydrogen (secondary N) is 2. The van der Waals surface area contributed by atoms with Crippen LogP contribution in [-0.4, -0.2) is 32.1 Å². The van der Waals surface area contributed by atoms with Gasteiger partial charge in [0.25, 0.3) is 0 Å². The van der Waals surface area contributed by atoms with E-state index in [1.54, 1.807) is 26.1 Å². The number of ether oxygens (including phenoxy) is 1. The van der Waals surface area contributed by atoms with Gasteiger partial charge in [-0.1, -0.05) is 0 Å². The number of rotatable bonds is 4. The molecule has 0 fully saturated rings. The summed E-state index contributed by atoms with van der Waals surface area (Å²) in [5.74, 6) is -0.684. The zero-order valence-corrected chi connectivity index (χ0v) is 10.6. The van der Waals surface area contributed by atoms with Crippen LogP contribution in [0.1, 0.15) is 17.3 Å². The molecule has 1 unspecified atom stereocenters. The minimum atomic E-state index is -0.506. The second-order valence-electron chi connectivity index (χ2n) is 3.78. The monoisotopic (exact) mass is 251 g/mol. The normalized spacial score (nSPS) is 11.5. The van der Waals surface area contributed by atoms with E-state index in [1.807, 2.05) is 0 Å². The van der Waals surface area contributed by atoms with Crippen LogP contribution in [0.15, 0.2) is 18.2 Å². The number of methoxy groups -OCH3 is 1. The first kappa shape index (κ1) is 13.8. The lowest BCUT2D eigenvalue weighted by atomic mass is 10.1. The van der Waals surface area contributed by atoms with Gasteiger partial charge in [0.05, 0.1) is 12.7 Å². The molecular weight excluding hydrogens is 234 g/mol. The third-order valence-electron chi connectivity index (χ3n) is 2.46. The third-order valence-corrected chi connectivity index (χ3v) is 2.46. The Hall–Kier alpha value is -2.24. The molecule has 1 atom stereocenters. The lowest BCUT2D eigenvalue weighted by Crippen LogP contribution is -2.35. The summed E-state index contributed by atoms with van der Waals surface area (Å²) in [4.78, 5) is 23.0. The average Bonchev–Trinajstić information content (AvgIpc) is 2.38. The second-order valence-corrected chi connectivity index (χ2v) is 3.78. The molecule has 1 rings (SSSR count). The molecule has 0 radical (unpaired) electrons. The van der Waals surface area contributed by atoms with Gasteiger partial charge in [-0.2, -0.15) is 0 Å². The largest absolute Gasteiger partial charge is 0.465 e. The lowest BCUT2D eigenvalue weighted by Gasteiger charge is -2.16. The molecule has 98 valence electrons. The van der Waals surface area contributed by atoms with Crippen LogP contribution in [0.4, 0.5) is 11.4 Å². The van der Waals surface area contributed by atoms with E-state index in [4.69, 9.17) is 5.73 Å². The Balaban J connectivity index is 3.01. The van der Waals surface area contributed by atoms with Crippen molar-refractivity contribution in [3.63, 3.8) is 0 Å². The summed E-state index contributed by atoms with van der Waals surface area (Å²) in [6, 6.07) is 4.32. The first-order chi connectivity index (χ1) is 8.49. The second kappa shape index (κ2) is 5.90. The molecule has 0 saturated heterocycles. The fraction of sp³-hybridized carbons (Fsp3) is 0.333. The van der Waals surface area contributed by atoms with Gasteiger partial charge in [-0.15, -0.1) is 0 Å². The number of hydrogen-bond donors (Lipinski definition) is 3. The van der Waals surface area contributed by atoms with Gasteiger partial charge < -0.3 is 21.1 Å². The van der Waals surface area contributed by atoms with Crippen LogP contribution in [0.5, 0.6) is 0 Å². The van der Waals surface area contributed by atoms with E-state index in [-0.39, 0.29) is 5.91 Å². The van der Waals surface area contributed by atoms with Gasteiger partial charge in [0.1, 0.15) is 6.04 Å². The van der Waals surface area contributed by atoms with Gasteiger partial charge in [0.15, 0.2) is 0 Å². The topological polar surface area (TPSA) is 93.5 Å². The highest BCUT2D eigenvalue weighted by atomic mass is 16.5. The number of nitrogens with two attached hydrogens (primary N) is 1. The van der Waals surface area contributed by atoms with Crippen LogP contribution in [0.25, 0.3) is 0 Å². The van der Waals surface area contributed by atoms with Crippen molar-refractivity contribution in [2.45, 2.75) is 13.0 Å². The van der Waals surface area contributed by atoms with Gasteiger partial charge in [-0.05, 0) is 25.1 Å². The van der Waals surface area contributed by atoms with Crippen molar-refractivity contribution in [3.8, 4) is 0 Å². The summed E-state index contributed by atoms with van der Waals surface area (Å²) in [5.41, 5.74) is 6.88. The van der Waals surface area contributed by atoms with Crippen molar-refractivity contribution in [2.75, 3.05) is 25.2 Å². The highest BCUT2D eigenvalue weighted by Crippen LogP contribution is 2.20. The quantitative estimate of drug-likeness (QED) is 0.538. The summed E-state index contributed by atoms with van der Waals surface area (Å²) in [5, 5.41) is 5.45. The number of hydrogen-bond acceptors (Lipinski definition) is 5. The highest BCUT2D eigenvalue weighted by molar-refractivity contribution is 5.97. The van der Waals surface area contributed by atoms with Crippen molar-refractivity contribution in [1.82, 2.24) is 5.32 Å². The fourth-order valence-electron chi connectivity index (χ4n) is 1.48. The van der Waals surface area contributed by atoms with E-state index < -0.39 is 12.0 Å². The molecule has 4 N–H and O–H groups in total. The molecule has 0 aliphatic rings. The Labute approximate surface area is 105 Å². The summed E-state index contributed by atoms with van der Waals surface area (Å²) < 4.78 is 4.67. The summed E-state index contributed by atoms with van der Waals surface area (Å²) >= 11 is 0. The van der Waals surface area contributed by atoms with Crippen molar-refractivity contribution in [3.05, 3.63) is 23.8 Å². The molecule has 1 aromatic rings. The lowest BCUT2D eigenvalue weighted by molar-refractivity contribution is -0.121. The van der Waals surface area contributed by atoms with Gasteiger partial charge in [-0.25, -0.2) is 4.79 Å². The van der Waals surface area contributed by atoms with Crippen molar-refractivity contribution in [2.24, 2.45) is 0 Å². The van der Waals surface area contributed by atoms with Gasteiger partial charge in [-0.3, -0.25) is 4.79 Å². The van der Waals surface area contributed by atoms with Gasteiger partial charge in [0, 0.05) is 18.4 Å². The number of esters is 1. The predicted octanol–water partition coefficient (Wildman–Crippen LogP) is 0.602.